The fraction of sp³-hybridized carbons (Fsp3) is 0.649. The van der Waals surface area contributed by atoms with Crippen molar-refractivity contribution in [3.8, 4) is 0 Å². The van der Waals surface area contributed by atoms with Gasteiger partial charge >= 0.3 is 5.97 Å². The van der Waals surface area contributed by atoms with Gasteiger partial charge in [0.25, 0.3) is 0 Å². The molecular formula is C37H57NO5. The molecule has 6 nitrogen and oxygen atoms in total. The van der Waals surface area contributed by atoms with Gasteiger partial charge in [-0.15, -0.1) is 0 Å². The van der Waals surface area contributed by atoms with Crippen molar-refractivity contribution in [2.75, 3.05) is 26.8 Å². The number of esters is 1. The summed E-state index contributed by atoms with van der Waals surface area (Å²) < 4.78 is 25.2. The van der Waals surface area contributed by atoms with Crippen LogP contribution in [0.15, 0.2) is 60.7 Å². The van der Waals surface area contributed by atoms with Crippen molar-refractivity contribution in [1.29, 1.82) is 0 Å². The van der Waals surface area contributed by atoms with E-state index in [0.29, 0.717) is 26.2 Å². The first-order chi connectivity index (χ1) is 21.1. The van der Waals surface area contributed by atoms with Crippen LogP contribution >= 0.6 is 0 Å². The van der Waals surface area contributed by atoms with Gasteiger partial charge < -0.3 is 18.9 Å². The Morgan fingerprint density at radius 3 is 1.95 bits per heavy atom. The molecule has 1 aliphatic rings. The fourth-order valence-corrected chi connectivity index (χ4v) is 5.84. The molecule has 1 saturated carbocycles. The molecule has 1 aliphatic carbocycles. The number of benzene rings is 2. The van der Waals surface area contributed by atoms with Gasteiger partial charge in [-0.1, -0.05) is 113 Å². The Kier molecular flexibility index (Phi) is 17.6. The van der Waals surface area contributed by atoms with Crippen LogP contribution in [0.2, 0.25) is 0 Å². The Morgan fingerprint density at radius 2 is 1.30 bits per heavy atom. The topological polar surface area (TPSA) is 57.2 Å². The summed E-state index contributed by atoms with van der Waals surface area (Å²) in [6, 6.07) is 20.9. The maximum absolute atomic E-state index is 12.0. The van der Waals surface area contributed by atoms with Crippen molar-refractivity contribution < 1.29 is 23.7 Å². The summed E-state index contributed by atoms with van der Waals surface area (Å²) in [6.45, 7) is 7.70. The third-order valence-electron chi connectivity index (χ3n) is 8.38. The minimum atomic E-state index is -0.0715. The third-order valence-corrected chi connectivity index (χ3v) is 8.38. The lowest BCUT2D eigenvalue weighted by atomic mass is 10.1. The predicted molar refractivity (Wildman–Crippen MR) is 174 cm³/mol. The second-order valence-corrected chi connectivity index (χ2v) is 12.0. The van der Waals surface area contributed by atoms with Gasteiger partial charge in [0.15, 0.2) is 0 Å². The predicted octanol–water partition coefficient (Wildman–Crippen LogP) is 8.12. The van der Waals surface area contributed by atoms with Gasteiger partial charge in [0.1, 0.15) is 6.10 Å². The zero-order valence-electron chi connectivity index (χ0n) is 27.1. The maximum Gasteiger partial charge on any atom is 0.305 e. The standard InChI is InChI=1S/C37H57NO5/c1-4-6-8-9-19-27-41-37-34(43-30-32-22-15-11-16-23-32)28-33(42-29-31-20-13-10-14-21-31)36(37)38(3)25-18-12-17-24-35(39)40-26-7-5-2/h10-11,13-16,20-23,33-34,36-37H,4-9,12,17-19,24-30H2,1-3H3/t33-,34+,36+,37+/m1/s1. The van der Waals surface area contributed by atoms with Crippen LogP contribution in [0.4, 0.5) is 0 Å². The monoisotopic (exact) mass is 595 g/mol. The molecule has 1 fully saturated rings. The summed E-state index contributed by atoms with van der Waals surface area (Å²) in [6.07, 6.45) is 12.1. The first-order valence-corrected chi connectivity index (χ1v) is 16.9. The molecule has 43 heavy (non-hydrogen) atoms. The van der Waals surface area contributed by atoms with Crippen LogP contribution in [-0.2, 0) is 37.0 Å². The second kappa shape index (κ2) is 21.5. The first-order valence-electron chi connectivity index (χ1n) is 16.9. The van der Waals surface area contributed by atoms with Gasteiger partial charge in [-0.25, -0.2) is 0 Å². The van der Waals surface area contributed by atoms with Crippen LogP contribution in [0.1, 0.15) is 102 Å². The Bertz CT molecular complexity index is 971. The van der Waals surface area contributed by atoms with E-state index in [4.69, 9.17) is 18.9 Å². The Labute approximate surface area is 261 Å². The van der Waals surface area contributed by atoms with Crippen LogP contribution < -0.4 is 0 Å². The number of carbonyl (C=O) groups is 1. The molecule has 2 aromatic carbocycles. The van der Waals surface area contributed by atoms with E-state index < -0.39 is 0 Å². The van der Waals surface area contributed by atoms with Gasteiger partial charge in [0.05, 0.1) is 38.1 Å². The lowest BCUT2D eigenvalue weighted by Crippen LogP contribution is -2.48. The molecule has 0 aliphatic heterocycles. The molecule has 240 valence electrons. The average Bonchev–Trinajstić information content (AvgIpc) is 3.38. The molecule has 0 N–H and O–H groups in total. The largest absolute Gasteiger partial charge is 0.466 e. The van der Waals surface area contributed by atoms with Crippen LogP contribution in [-0.4, -0.2) is 62.0 Å². The van der Waals surface area contributed by atoms with Gasteiger partial charge in [-0.3, -0.25) is 9.69 Å². The van der Waals surface area contributed by atoms with Crippen molar-refractivity contribution in [2.45, 2.75) is 128 Å². The smallest absolute Gasteiger partial charge is 0.305 e. The van der Waals surface area contributed by atoms with E-state index in [1.54, 1.807) is 0 Å². The highest BCUT2D eigenvalue weighted by Gasteiger charge is 2.47. The minimum Gasteiger partial charge on any atom is -0.466 e. The van der Waals surface area contributed by atoms with E-state index in [-0.39, 0.29) is 30.3 Å². The zero-order valence-corrected chi connectivity index (χ0v) is 27.1. The lowest BCUT2D eigenvalue weighted by molar-refractivity contribution is -0.143. The average molecular weight is 596 g/mol. The van der Waals surface area contributed by atoms with E-state index in [1.165, 1.54) is 36.8 Å². The van der Waals surface area contributed by atoms with Crippen molar-refractivity contribution in [1.82, 2.24) is 4.90 Å². The molecule has 3 rings (SSSR count). The SMILES string of the molecule is CCCCCCCO[C@@H]1[C@@H](N(C)CCCCCC(=O)OCCCC)[C@H](OCc2ccccc2)C[C@@H]1OCc1ccccc1. The highest BCUT2D eigenvalue weighted by Crippen LogP contribution is 2.33. The van der Waals surface area contributed by atoms with Crippen LogP contribution in [0.25, 0.3) is 0 Å². The van der Waals surface area contributed by atoms with Crippen LogP contribution in [0.3, 0.4) is 0 Å². The number of unbranched alkanes of at least 4 members (excludes halogenated alkanes) is 7. The van der Waals surface area contributed by atoms with E-state index >= 15 is 0 Å². The molecule has 0 amide bonds. The molecule has 0 radical (unpaired) electrons. The van der Waals surface area contributed by atoms with E-state index in [1.807, 2.05) is 12.1 Å². The normalized spacial score (nSPS) is 20.1. The molecule has 0 bridgehead atoms. The Hall–Kier alpha value is -2.25. The van der Waals surface area contributed by atoms with Crippen molar-refractivity contribution >= 4 is 5.97 Å². The number of ether oxygens (including phenoxy) is 4. The molecule has 0 aromatic heterocycles. The molecule has 4 atom stereocenters. The van der Waals surface area contributed by atoms with Gasteiger partial charge in [0.2, 0.25) is 0 Å². The number of likely N-dealkylation sites (N-methyl/N-ethyl adjacent to an activating group) is 1. The van der Waals surface area contributed by atoms with Crippen LogP contribution in [0, 0.1) is 0 Å². The summed E-state index contributed by atoms with van der Waals surface area (Å²) in [4.78, 5) is 14.4. The van der Waals surface area contributed by atoms with Crippen molar-refractivity contribution in [3.63, 3.8) is 0 Å². The quantitative estimate of drug-likeness (QED) is 0.0955. The molecule has 0 unspecified atom stereocenters. The summed E-state index contributed by atoms with van der Waals surface area (Å²) in [5.41, 5.74) is 2.35. The number of rotatable bonds is 23. The molecule has 2 aromatic rings. The maximum atomic E-state index is 12.0. The van der Waals surface area contributed by atoms with E-state index in [9.17, 15) is 4.79 Å². The highest BCUT2D eigenvalue weighted by molar-refractivity contribution is 5.69. The summed E-state index contributed by atoms with van der Waals surface area (Å²) in [7, 11) is 2.19. The van der Waals surface area contributed by atoms with E-state index in [0.717, 1.165) is 58.1 Å². The van der Waals surface area contributed by atoms with Crippen LogP contribution in [0.5, 0.6) is 0 Å². The van der Waals surface area contributed by atoms with E-state index in [2.05, 4.69) is 74.3 Å². The van der Waals surface area contributed by atoms with Gasteiger partial charge in [-0.2, -0.15) is 0 Å². The first kappa shape index (κ1) is 35.2. The number of hydrogen-bond donors (Lipinski definition) is 0. The van der Waals surface area contributed by atoms with Crippen molar-refractivity contribution in [2.24, 2.45) is 0 Å². The summed E-state index contributed by atoms with van der Waals surface area (Å²) in [5, 5.41) is 0. The zero-order chi connectivity index (χ0) is 30.5. The fourth-order valence-electron chi connectivity index (χ4n) is 5.84. The Morgan fingerprint density at radius 1 is 0.698 bits per heavy atom. The minimum absolute atomic E-state index is 0.00427. The molecule has 6 heteroatoms. The van der Waals surface area contributed by atoms with Crippen molar-refractivity contribution in [3.05, 3.63) is 71.8 Å². The highest BCUT2D eigenvalue weighted by atomic mass is 16.6. The molecule has 0 heterocycles. The molecular weight excluding hydrogens is 538 g/mol. The lowest BCUT2D eigenvalue weighted by Gasteiger charge is -2.34. The summed E-state index contributed by atoms with van der Waals surface area (Å²) in [5.74, 6) is -0.0715. The van der Waals surface area contributed by atoms with Gasteiger partial charge in [0, 0.05) is 19.4 Å². The number of hydrogen-bond acceptors (Lipinski definition) is 6. The number of nitrogens with zero attached hydrogens (tertiary/aromatic N) is 1. The molecule has 0 spiro atoms. The summed E-state index contributed by atoms with van der Waals surface area (Å²) >= 11 is 0. The third kappa shape index (κ3) is 13.5. The Balaban J connectivity index is 1.63. The molecule has 0 saturated heterocycles. The van der Waals surface area contributed by atoms with Gasteiger partial charge in [-0.05, 0) is 50.4 Å². The second-order valence-electron chi connectivity index (χ2n) is 12.0. The number of carbonyl (C=O) groups excluding carboxylic acids is 1.